The van der Waals surface area contributed by atoms with E-state index in [4.69, 9.17) is 5.11 Å². The van der Waals surface area contributed by atoms with Crippen LogP contribution in [0.4, 0.5) is 5.69 Å². The van der Waals surface area contributed by atoms with E-state index in [0.717, 1.165) is 11.3 Å². The molecule has 0 aliphatic heterocycles. The number of fused-ring (bicyclic) bond motifs is 1. The molecule has 2 aliphatic rings. The summed E-state index contributed by atoms with van der Waals surface area (Å²) < 4.78 is 0. The largest absolute Gasteiger partial charge is 0.392 e. The van der Waals surface area contributed by atoms with Crippen LogP contribution in [0, 0.1) is 17.8 Å². The molecule has 0 aromatic heterocycles. The van der Waals surface area contributed by atoms with Crippen molar-refractivity contribution in [1.29, 1.82) is 0 Å². The first-order valence-corrected chi connectivity index (χ1v) is 6.30. The van der Waals surface area contributed by atoms with Gasteiger partial charge in [0.05, 0.1) is 6.61 Å². The molecule has 2 aliphatic carbocycles. The van der Waals surface area contributed by atoms with Gasteiger partial charge < -0.3 is 10.4 Å². The van der Waals surface area contributed by atoms with Crippen molar-refractivity contribution in [3.63, 3.8) is 0 Å². The molecule has 1 aromatic rings. The van der Waals surface area contributed by atoms with Crippen LogP contribution >= 0.6 is 0 Å². The quantitative estimate of drug-likeness (QED) is 0.837. The van der Waals surface area contributed by atoms with Crippen molar-refractivity contribution in [3.05, 3.63) is 29.8 Å². The Morgan fingerprint density at radius 3 is 2.82 bits per heavy atom. The number of hydrogen-bond donors (Lipinski definition) is 2. The van der Waals surface area contributed by atoms with Crippen LogP contribution in [0.5, 0.6) is 0 Å². The van der Waals surface area contributed by atoms with Gasteiger partial charge in [0.15, 0.2) is 0 Å². The van der Waals surface area contributed by atoms with E-state index in [-0.39, 0.29) is 18.4 Å². The maximum absolute atomic E-state index is 12.0. The van der Waals surface area contributed by atoms with E-state index in [0.29, 0.717) is 11.8 Å². The van der Waals surface area contributed by atoms with Gasteiger partial charge in [0.2, 0.25) is 5.91 Å². The molecule has 1 aromatic carbocycles. The maximum atomic E-state index is 12.0. The summed E-state index contributed by atoms with van der Waals surface area (Å²) in [6.45, 7) is 0.0123. The Morgan fingerprint density at radius 2 is 2.12 bits per heavy atom. The third-order valence-electron chi connectivity index (χ3n) is 4.09. The fourth-order valence-electron chi connectivity index (χ4n) is 3.18. The predicted octanol–water partition coefficient (Wildman–Crippen LogP) is 2.16. The van der Waals surface area contributed by atoms with Crippen molar-refractivity contribution in [2.24, 2.45) is 17.8 Å². The molecule has 1 amide bonds. The highest BCUT2D eigenvalue weighted by Crippen LogP contribution is 2.57. The number of amides is 1. The van der Waals surface area contributed by atoms with Crippen LogP contribution in [0.15, 0.2) is 24.3 Å². The number of aliphatic hydroxyl groups is 1. The van der Waals surface area contributed by atoms with Crippen molar-refractivity contribution in [2.75, 3.05) is 5.32 Å². The van der Waals surface area contributed by atoms with E-state index in [9.17, 15) is 4.79 Å². The van der Waals surface area contributed by atoms with E-state index in [2.05, 4.69) is 5.32 Å². The number of rotatable bonds is 3. The van der Waals surface area contributed by atoms with Gasteiger partial charge in [-0.2, -0.15) is 0 Å². The summed E-state index contributed by atoms with van der Waals surface area (Å²) in [5.41, 5.74) is 1.63. The zero-order chi connectivity index (χ0) is 11.8. The van der Waals surface area contributed by atoms with Gasteiger partial charge in [-0.25, -0.2) is 0 Å². The minimum absolute atomic E-state index is 0.0123. The van der Waals surface area contributed by atoms with Crippen molar-refractivity contribution < 1.29 is 9.90 Å². The first-order valence-electron chi connectivity index (χ1n) is 6.30. The van der Waals surface area contributed by atoms with E-state index in [1.54, 1.807) is 0 Å². The van der Waals surface area contributed by atoms with Crippen LogP contribution in [0.3, 0.4) is 0 Å². The summed E-state index contributed by atoms with van der Waals surface area (Å²) in [6, 6.07) is 7.40. The summed E-state index contributed by atoms with van der Waals surface area (Å²) >= 11 is 0. The van der Waals surface area contributed by atoms with Crippen LogP contribution in [-0.2, 0) is 11.4 Å². The second kappa shape index (κ2) is 4.15. The topological polar surface area (TPSA) is 49.3 Å². The molecule has 3 nitrogen and oxygen atoms in total. The lowest BCUT2D eigenvalue weighted by Crippen LogP contribution is -2.16. The minimum Gasteiger partial charge on any atom is -0.392 e. The van der Waals surface area contributed by atoms with Crippen molar-refractivity contribution in [2.45, 2.75) is 25.9 Å². The Labute approximate surface area is 101 Å². The fraction of sp³-hybridized carbons (Fsp3) is 0.500. The number of benzene rings is 1. The second-order valence-electron chi connectivity index (χ2n) is 5.13. The number of hydrogen-bond acceptors (Lipinski definition) is 2. The molecule has 2 atom stereocenters. The van der Waals surface area contributed by atoms with Gasteiger partial charge in [0.25, 0.3) is 0 Å². The van der Waals surface area contributed by atoms with Crippen molar-refractivity contribution in [3.8, 4) is 0 Å². The Kier molecular flexibility index (Phi) is 2.63. The highest BCUT2D eigenvalue weighted by atomic mass is 16.3. The summed E-state index contributed by atoms with van der Waals surface area (Å²) in [5, 5.41) is 12.0. The van der Waals surface area contributed by atoms with E-state index in [1.165, 1.54) is 19.3 Å². The summed E-state index contributed by atoms with van der Waals surface area (Å²) in [6.07, 6.45) is 3.73. The monoisotopic (exact) mass is 231 g/mol. The van der Waals surface area contributed by atoms with E-state index < -0.39 is 0 Å². The van der Waals surface area contributed by atoms with Gasteiger partial charge >= 0.3 is 0 Å². The predicted molar refractivity (Wildman–Crippen MR) is 65.3 cm³/mol. The Hall–Kier alpha value is -1.35. The van der Waals surface area contributed by atoms with Crippen LogP contribution in [-0.4, -0.2) is 11.0 Å². The van der Waals surface area contributed by atoms with Crippen molar-refractivity contribution >= 4 is 11.6 Å². The van der Waals surface area contributed by atoms with Crippen LogP contribution in [0.25, 0.3) is 0 Å². The number of nitrogens with one attached hydrogen (secondary N) is 1. The van der Waals surface area contributed by atoms with Gasteiger partial charge in [0.1, 0.15) is 0 Å². The molecule has 0 bridgehead atoms. The average Bonchev–Trinajstić information content (AvgIpc) is 2.84. The molecule has 2 fully saturated rings. The summed E-state index contributed by atoms with van der Waals surface area (Å²) in [4.78, 5) is 12.0. The average molecular weight is 231 g/mol. The second-order valence-corrected chi connectivity index (χ2v) is 5.13. The zero-order valence-electron chi connectivity index (χ0n) is 9.73. The Bertz CT molecular complexity index is 434. The van der Waals surface area contributed by atoms with Crippen LogP contribution in [0.2, 0.25) is 0 Å². The highest BCUT2D eigenvalue weighted by molar-refractivity contribution is 5.95. The molecule has 0 radical (unpaired) electrons. The number of aliphatic hydroxyl groups excluding tert-OH is 1. The smallest absolute Gasteiger partial charge is 0.228 e. The standard InChI is InChI=1S/C14H17NO2/c16-8-9-3-1-4-10(7-9)15-14(17)13-11-5-2-6-12(11)13/h1,3-4,7,11-13,16H,2,5-6,8H2,(H,15,17). The number of anilines is 1. The molecule has 3 rings (SSSR count). The van der Waals surface area contributed by atoms with Crippen LogP contribution in [0.1, 0.15) is 24.8 Å². The number of carbonyl (C=O) groups excluding carboxylic acids is 1. The molecule has 17 heavy (non-hydrogen) atoms. The zero-order valence-corrected chi connectivity index (χ0v) is 9.73. The Morgan fingerprint density at radius 1 is 1.35 bits per heavy atom. The molecule has 2 unspecified atom stereocenters. The fourth-order valence-corrected chi connectivity index (χ4v) is 3.18. The van der Waals surface area contributed by atoms with Gasteiger partial charge in [-0.05, 0) is 42.4 Å². The normalized spacial score (nSPS) is 29.8. The molecule has 90 valence electrons. The third kappa shape index (κ3) is 1.95. The molecule has 0 saturated heterocycles. The van der Waals surface area contributed by atoms with Gasteiger partial charge in [-0.1, -0.05) is 18.6 Å². The first-order chi connectivity index (χ1) is 8.29. The molecule has 2 saturated carbocycles. The molecule has 3 heteroatoms. The summed E-state index contributed by atoms with van der Waals surface area (Å²) in [5.74, 6) is 1.71. The van der Waals surface area contributed by atoms with Gasteiger partial charge in [0, 0.05) is 11.6 Å². The SMILES string of the molecule is O=C(Nc1cccc(CO)c1)C1C2CCCC21. The minimum atomic E-state index is 0.0123. The molecule has 0 spiro atoms. The molecule has 2 N–H and O–H groups in total. The molecular formula is C14H17NO2. The summed E-state index contributed by atoms with van der Waals surface area (Å²) in [7, 11) is 0. The lowest BCUT2D eigenvalue weighted by Gasteiger charge is -2.07. The lowest BCUT2D eigenvalue weighted by atomic mass is 10.1. The van der Waals surface area contributed by atoms with Crippen molar-refractivity contribution in [1.82, 2.24) is 0 Å². The first kappa shape index (κ1) is 10.8. The molecular weight excluding hydrogens is 214 g/mol. The lowest BCUT2D eigenvalue weighted by molar-refractivity contribution is -0.118. The van der Waals surface area contributed by atoms with Gasteiger partial charge in [-0.3, -0.25) is 4.79 Å². The number of carbonyl (C=O) groups is 1. The Balaban J connectivity index is 1.64. The van der Waals surface area contributed by atoms with E-state index >= 15 is 0 Å². The van der Waals surface area contributed by atoms with E-state index in [1.807, 2.05) is 24.3 Å². The maximum Gasteiger partial charge on any atom is 0.228 e. The molecule has 0 heterocycles. The van der Waals surface area contributed by atoms with Crippen LogP contribution < -0.4 is 5.32 Å². The third-order valence-corrected chi connectivity index (χ3v) is 4.09. The highest BCUT2D eigenvalue weighted by Gasteiger charge is 2.56. The van der Waals surface area contributed by atoms with Gasteiger partial charge in [-0.15, -0.1) is 0 Å².